The summed E-state index contributed by atoms with van der Waals surface area (Å²) < 4.78 is 11.2. The third kappa shape index (κ3) is 2.88. The van der Waals surface area contributed by atoms with Crippen molar-refractivity contribution < 1.29 is 9.47 Å². The molecule has 21 heavy (non-hydrogen) atoms. The van der Waals surface area contributed by atoms with Gasteiger partial charge in [0, 0.05) is 0 Å². The van der Waals surface area contributed by atoms with Crippen LogP contribution < -0.4 is 15.2 Å². The molecule has 1 aliphatic rings. The topological polar surface area (TPSA) is 44.5 Å². The van der Waals surface area contributed by atoms with E-state index in [0.29, 0.717) is 19.1 Å². The zero-order valence-corrected chi connectivity index (χ0v) is 12.5. The van der Waals surface area contributed by atoms with E-state index in [4.69, 9.17) is 15.2 Å². The summed E-state index contributed by atoms with van der Waals surface area (Å²) in [7, 11) is 0. The fourth-order valence-corrected chi connectivity index (χ4v) is 2.53. The molecule has 1 unspecified atom stereocenters. The molecule has 0 fully saturated rings. The summed E-state index contributed by atoms with van der Waals surface area (Å²) in [5.74, 6) is 2.12. The van der Waals surface area contributed by atoms with E-state index in [1.165, 1.54) is 5.56 Å². The zero-order chi connectivity index (χ0) is 14.8. The highest BCUT2D eigenvalue weighted by molar-refractivity contribution is 5.46. The molecule has 0 amide bonds. The van der Waals surface area contributed by atoms with Crippen LogP contribution in [0.3, 0.4) is 0 Å². The molecule has 3 rings (SSSR count). The molecule has 110 valence electrons. The molecule has 0 aliphatic carbocycles. The molecular weight excluding hydrogens is 262 g/mol. The van der Waals surface area contributed by atoms with Crippen LogP contribution >= 0.6 is 0 Å². The summed E-state index contributed by atoms with van der Waals surface area (Å²) in [5, 5.41) is 0. The van der Waals surface area contributed by atoms with Crippen molar-refractivity contribution in [3.05, 3.63) is 59.2 Å². The standard InChI is InChI=1S/C18H21NO2/c1-12(2)13-3-5-14(6-4-13)18(19)15-7-8-16-17(11-15)21-10-9-20-16/h3-8,11-12,18H,9-10,19H2,1-2H3. The van der Waals surface area contributed by atoms with Gasteiger partial charge in [-0.1, -0.05) is 44.2 Å². The third-order valence-electron chi connectivity index (χ3n) is 3.89. The lowest BCUT2D eigenvalue weighted by atomic mass is 9.95. The van der Waals surface area contributed by atoms with Crippen LogP contribution in [0, 0.1) is 0 Å². The van der Waals surface area contributed by atoms with Gasteiger partial charge in [-0.3, -0.25) is 0 Å². The van der Waals surface area contributed by atoms with E-state index in [2.05, 4.69) is 38.1 Å². The van der Waals surface area contributed by atoms with Gasteiger partial charge in [0.2, 0.25) is 0 Å². The lowest BCUT2D eigenvalue weighted by Crippen LogP contribution is -2.17. The van der Waals surface area contributed by atoms with Gasteiger partial charge in [0.25, 0.3) is 0 Å². The summed E-state index contributed by atoms with van der Waals surface area (Å²) >= 11 is 0. The van der Waals surface area contributed by atoms with Crippen molar-refractivity contribution in [3.8, 4) is 11.5 Å². The maximum absolute atomic E-state index is 6.38. The molecule has 1 heterocycles. The quantitative estimate of drug-likeness (QED) is 0.935. The lowest BCUT2D eigenvalue weighted by Gasteiger charge is -2.21. The van der Waals surface area contributed by atoms with Gasteiger partial charge in [0.15, 0.2) is 11.5 Å². The average Bonchev–Trinajstić information content (AvgIpc) is 2.54. The molecule has 2 aromatic carbocycles. The molecule has 1 aliphatic heterocycles. The molecule has 3 nitrogen and oxygen atoms in total. The number of fused-ring (bicyclic) bond motifs is 1. The Balaban J connectivity index is 1.85. The Morgan fingerprint density at radius 1 is 0.810 bits per heavy atom. The number of nitrogens with two attached hydrogens (primary N) is 1. The number of rotatable bonds is 3. The normalized spacial score (nSPS) is 15.0. The fourth-order valence-electron chi connectivity index (χ4n) is 2.53. The summed E-state index contributed by atoms with van der Waals surface area (Å²) in [6, 6.07) is 14.3. The van der Waals surface area contributed by atoms with Gasteiger partial charge in [0.1, 0.15) is 13.2 Å². The maximum Gasteiger partial charge on any atom is 0.161 e. The van der Waals surface area contributed by atoms with E-state index in [1.54, 1.807) is 0 Å². The largest absolute Gasteiger partial charge is 0.486 e. The van der Waals surface area contributed by atoms with Crippen molar-refractivity contribution in [1.29, 1.82) is 0 Å². The Hall–Kier alpha value is -2.00. The number of benzene rings is 2. The van der Waals surface area contributed by atoms with Gasteiger partial charge in [-0.25, -0.2) is 0 Å². The minimum Gasteiger partial charge on any atom is -0.486 e. The molecule has 0 radical (unpaired) electrons. The average molecular weight is 283 g/mol. The number of hydrogen-bond acceptors (Lipinski definition) is 3. The molecule has 2 N–H and O–H groups in total. The first-order chi connectivity index (χ1) is 10.1. The monoisotopic (exact) mass is 283 g/mol. The summed E-state index contributed by atoms with van der Waals surface area (Å²) in [6.07, 6.45) is 0. The van der Waals surface area contributed by atoms with Crippen molar-refractivity contribution in [2.75, 3.05) is 13.2 Å². The minimum absolute atomic E-state index is 0.151. The molecule has 3 heteroatoms. The second-order valence-corrected chi connectivity index (χ2v) is 5.70. The van der Waals surface area contributed by atoms with Crippen LogP contribution in [0.15, 0.2) is 42.5 Å². The fraction of sp³-hybridized carbons (Fsp3) is 0.333. The lowest BCUT2D eigenvalue weighted by molar-refractivity contribution is 0.171. The Morgan fingerprint density at radius 2 is 1.38 bits per heavy atom. The first kappa shape index (κ1) is 14.0. The van der Waals surface area contributed by atoms with Crippen molar-refractivity contribution in [3.63, 3.8) is 0 Å². The molecule has 0 saturated heterocycles. The SMILES string of the molecule is CC(C)c1ccc(C(N)c2ccc3c(c2)OCCO3)cc1. The van der Waals surface area contributed by atoms with Crippen molar-refractivity contribution >= 4 is 0 Å². The highest BCUT2D eigenvalue weighted by Gasteiger charge is 2.15. The molecule has 1 atom stereocenters. The van der Waals surface area contributed by atoms with Gasteiger partial charge in [-0.05, 0) is 34.7 Å². The van der Waals surface area contributed by atoms with Crippen LogP contribution in [0.1, 0.15) is 42.5 Å². The third-order valence-corrected chi connectivity index (χ3v) is 3.89. The summed E-state index contributed by atoms with van der Waals surface area (Å²) in [4.78, 5) is 0. The van der Waals surface area contributed by atoms with E-state index < -0.39 is 0 Å². The van der Waals surface area contributed by atoms with Crippen LogP contribution in [-0.4, -0.2) is 13.2 Å². The molecule has 0 spiro atoms. The second kappa shape index (κ2) is 5.78. The number of hydrogen-bond donors (Lipinski definition) is 1. The Labute approximate surface area is 125 Å². The Morgan fingerprint density at radius 3 is 2.05 bits per heavy atom. The first-order valence-corrected chi connectivity index (χ1v) is 7.40. The minimum atomic E-state index is -0.151. The van der Waals surface area contributed by atoms with Gasteiger partial charge >= 0.3 is 0 Å². The van der Waals surface area contributed by atoms with Crippen molar-refractivity contribution in [2.45, 2.75) is 25.8 Å². The maximum atomic E-state index is 6.38. The Bertz CT molecular complexity index is 620. The van der Waals surface area contributed by atoms with E-state index in [0.717, 1.165) is 22.6 Å². The molecular formula is C18H21NO2. The van der Waals surface area contributed by atoms with Crippen LogP contribution in [-0.2, 0) is 0 Å². The molecule has 0 saturated carbocycles. The highest BCUT2D eigenvalue weighted by atomic mass is 16.6. The van der Waals surface area contributed by atoms with E-state index in [9.17, 15) is 0 Å². The van der Waals surface area contributed by atoms with Crippen molar-refractivity contribution in [2.24, 2.45) is 5.73 Å². The first-order valence-electron chi connectivity index (χ1n) is 7.40. The van der Waals surface area contributed by atoms with Gasteiger partial charge < -0.3 is 15.2 Å². The number of ether oxygens (including phenoxy) is 2. The predicted octanol–water partition coefficient (Wildman–Crippen LogP) is 3.63. The van der Waals surface area contributed by atoms with Gasteiger partial charge in [-0.15, -0.1) is 0 Å². The van der Waals surface area contributed by atoms with Crippen LogP contribution in [0.25, 0.3) is 0 Å². The van der Waals surface area contributed by atoms with E-state index >= 15 is 0 Å². The molecule has 0 aromatic heterocycles. The zero-order valence-electron chi connectivity index (χ0n) is 12.5. The Kier molecular flexibility index (Phi) is 3.84. The van der Waals surface area contributed by atoms with Crippen LogP contribution in [0.2, 0.25) is 0 Å². The molecule has 0 bridgehead atoms. The molecule has 2 aromatic rings. The van der Waals surface area contributed by atoms with Gasteiger partial charge in [-0.2, -0.15) is 0 Å². The predicted molar refractivity (Wildman–Crippen MR) is 84.0 cm³/mol. The van der Waals surface area contributed by atoms with Crippen molar-refractivity contribution in [1.82, 2.24) is 0 Å². The summed E-state index contributed by atoms with van der Waals surface area (Å²) in [6.45, 7) is 5.58. The highest BCUT2D eigenvalue weighted by Crippen LogP contribution is 2.33. The van der Waals surface area contributed by atoms with E-state index in [1.807, 2.05) is 18.2 Å². The summed E-state index contributed by atoms with van der Waals surface area (Å²) in [5.41, 5.74) is 9.85. The van der Waals surface area contributed by atoms with Crippen LogP contribution in [0.4, 0.5) is 0 Å². The van der Waals surface area contributed by atoms with Gasteiger partial charge in [0.05, 0.1) is 6.04 Å². The van der Waals surface area contributed by atoms with E-state index in [-0.39, 0.29) is 6.04 Å². The second-order valence-electron chi connectivity index (χ2n) is 5.70. The smallest absolute Gasteiger partial charge is 0.161 e. The van der Waals surface area contributed by atoms with Crippen LogP contribution in [0.5, 0.6) is 11.5 Å².